The van der Waals surface area contributed by atoms with Gasteiger partial charge < -0.3 is 10.1 Å². The molecule has 0 saturated carbocycles. The lowest BCUT2D eigenvalue weighted by Gasteiger charge is -2.13. The van der Waals surface area contributed by atoms with E-state index in [0.717, 1.165) is 21.3 Å². The van der Waals surface area contributed by atoms with Crippen molar-refractivity contribution in [3.63, 3.8) is 0 Å². The Morgan fingerprint density at radius 2 is 2.05 bits per heavy atom. The molecule has 1 N–H and O–H groups in total. The quantitative estimate of drug-likeness (QED) is 0.898. The monoisotopic (exact) mass is 330 g/mol. The van der Waals surface area contributed by atoms with Gasteiger partial charge in [0.25, 0.3) is 0 Å². The van der Waals surface area contributed by atoms with E-state index in [-0.39, 0.29) is 0 Å². The summed E-state index contributed by atoms with van der Waals surface area (Å²) >= 11 is 3.53. The van der Waals surface area contributed by atoms with Crippen LogP contribution in [0.4, 0.5) is 5.69 Å². The Morgan fingerprint density at radius 1 is 1.25 bits per heavy atom. The second kappa shape index (κ2) is 7.09. The number of hydrogen-bond donors (Lipinski definition) is 1. The molecule has 0 aliphatic heterocycles. The molecule has 0 aliphatic carbocycles. The van der Waals surface area contributed by atoms with E-state index < -0.39 is 0 Å². The van der Waals surface area contributed by atoms with Gasteiger partial charge in [0.1, 0.15) is 0 Å². The highest BCUT2D eigenvalue weighted by molar-refractivity contribution is 9.10. The molecular formula is C16H15BrN2O. The second-order valence-electron chi connectivity index (χ2n) is 4.36. The van der Waals surface area contributed by atoms with Crippen LogP contribution in [0.5, 0.6) is 0 Å². The van der Waals surface area contributed by atoms with Crippen molar-refractivity contribution >= 4 is 21.6 Å². The van der Waals surface area contributed by atoms with Gasteiger partial charge in [-0.2, -0.15) is 5.26 Å². The molecule has 0 aromatic heterocycles. The van der Waals surface area contributed by atoms with Gasteiger partial charge in [0, 0.05) is 29.4 Å². The predicted octanol–water partition coefficient (Wildman–Crippen LogP) is 4.08. The van der Waals surface area contributed by atoms with Gasteiger partial charge in [-0.25, -0.2) is 0 Å². The smallest absolute Gasteiger partial charge is 0.0991 e. The minimum atomic E-state index is 0.544. The number of methoxy groups -OCH3 is 1. The SMILES string of the molecule is COCc1c(Br)cccc1NCc1cccc(C#N)c1. The number of rotatable bonds is 5. The topological polar surface area (TPSA) is 45.0 Å². The fourth-order valence-electron chi connectivity index (χ4n) is 1.96. The maximum absolute atomic E-state index is 8.90. The van der Waals surface area contributed by atoms with Gasteiger partial charge in [-0.3, -0.25) is 0 Å². The van der Waals surface area contributed by atoms with Crippen LogP contribution in [0, 0.1) is 11.3 Å². The fourth-order valence-corrected chi connectivity index (χ4v) is 2.44. The fraction of sp³-hybridized carbons (Fsp3) is 0.188. The molecule has 0 atom stereocenters. The summed E-state index contributed by atoms with van der Waals surface area (Å²) in [5.74, 6) is 0. The summed E-state index contributed by atoms with van der Waals surface area (Å²) in [4.78, 5) is 0. The van der Waals surface area contributed by atoms with Crippen LogP contribution in [0.2, 0.25) is 0 Å². The standard InChI is InChI=1S/C16H15BrN2O/c1-20-11-14-15(17)6-3-7-16(14)19-10-13-5-2-4-12(8-13)9-18/h2-8,19H,10-11H2,1H3. The summed E-state index contributed by atoms with van der Waals surface area (Å²) in [6.45, 7) is 1.21. The van der Waals surface area contributed by atoms with E-state index in [9.17, 15) is 0 Å². The lowest BCUT2D eigenvalue weighted by molar-refractivity contribution is 0.185. The average Bonchev–Trinajstić information content (AvgIpc) is 2.48. The summed E-state index contributed by atoms with van der Waals surface area (Å²) in [5.41, 5.74) is 3.87. The van der Waals surface area contributed by atoms with Crippen LogP contribution in [-0.2, 0) is 17.9 Å². The number of anilines is 1. The Labute approximate surface area is 127 Å². The van der Waals surface area contributed by atoms with Crippen molar-refractivity contribution in [3.05, 3.63) is 63.6 Å². The van der Waals surface area contributed by atoms with E-state index in [1.54, 1.807) is 13.2 Å². The molecule has 2 aromatic carbocycles. The first-order valence-electron chi connectivity index (χ1n) is 6.24. The number of nitrogens with one attached hydrogen (secondary N) is 1. The van der Waals surface area contributed by atoms with Crippen LogP contribution < -0.4 is 5.32 Å². The molecule has 0 fully saturated rings. The molecular weight excluding hydrogens is 316 g/mol. The normalized spacial score (nSPS) is 10.1. The summed E-state index contributed by atoms with van der Waals surface area (Å²) < 4.78 is 6.25. The van der Waals surface area contributed by atoms with Crippen molar-refractivity contribution in [1.29, 1.82) is 5.26 Å². The van der Waals surface area contributed by atoms with E-state index >= 15 is 0 Å². The molecule has 0 unspecified atom stereocenters. The van der Waals surface area contributed by atoms with Crippen molar-refractivity contribution < 1.29 is 4.74 Å². The largest absolute Gasteiger partial charge is 0.381 e. The van der Waals surface area contributed by atoms with Gasteiger partial charge in [0.05, 0.1) is 18.2 Å². The molecule has 0 aliphatic rings. The molecule has 0 bridgehead atoms. The summed E-state index contributed by atoms with van der Waals surface area (Å²) in [7, 11) is 1.68. The van der Waals surface area contributed by atoms with E-state index in [0.29, 0.717) is 18.7 Å². The Hall–Kier alpha value is -1.83. The predicted molar refractivity (Wildman–Crippen MR) is 83.3 cm³/mol. The van der Waals surface area contributed by atoms with Crippen LogP contribution in [0.3, 0.4) is 0 Å². The lowest BCUT2D eigenvalue weighted by Crippen LogP contribution is -2.04. The summed E-state index contributed by atoms with van der Waals surface area (Å²) in [6, 6.07) is 15.7. The Balaban J connectivity index is 2.14. The van der Waals surface area contributed by atoms with Crippen LogP contribution in [-0.4, -0.2) is 7.11 Å². The Kier molecular flexibility index (Phi) is 5.16. The third kappa shape index (κ3) is 3.60. The van der Waals surface area contributed by atoms with Gasteiger partial charge in [0.2, 0.25) is 0 Å². The minimum Gasteiger partial charge on any atom is -0.381 e. The van der Waals surface area contributed by atoms with Crippen molar-refractivity contribution in [2.75, 3.05) is 12.4 Å². The molecule has 3 nitrogen and oxygen atoms in total. The van der Waals surface area contributed by atoms with Gasteiger partial charge in [-0.15, -0.1) is 0 Å². The van der Waals surface area contributed by atoms with Gasteiger partial charge in [0.15, 0.2) is 0 Å². The zero-order chi connectivity index (χ0) is 14.4. The van der Waals surface area contributed by atoms with Gasteiger partial charge in [-0.1, -0.05) is 34.1 Å². The van der Waals surface area contributed by atoms with Crippen LogP contribution >= 0.6 is 15.9 Å². The number of hydrogen-bond acceptors (Lipinski definition) is 3. The van der Waals surface area contributed by atoms with Crippen molar-refractivity contribution in [1.82, 2.24) is 0 Å². The molecule has 2 aromatic rings. The molecule has 0 heterocycles. The highest BCUT2D eigenvalue weighted by atomic mass is 79.9. The molecule has 2 rings (SSSR count). The van der Waals surface area contributed by atoms with Crippen molar-refractivity contribution in [3.8, 4) is 6.07 Å². The zero-order valence-electron chi connectivity index (χ0n) is 11.2. The first-order chi connectivity index (χ1) is 9.74. The maximum Gasteiger partial charge on any atom is 0.0991 e. The first kappa shape index (κ1) is 14.6. The molecule has 4 heteroatoms. The highest BCUT2D eigenvalue weighted by Gasteiger charge is 2.06. The van der Waals surface area contributed by atoms with Crippen LogP contribution in [0.15, 0.2) is 46.9 Å². The molecule has 0 amide bonds. The third-order valence-corrected chi connectivity index (χ3v) is 3.69. The highest BCUT2D eigenvalue weighted by Crippen LogP contribution is 2.26. The number of nitrogens with zero attached hydrogens (tertiary/aromatic N) is 1. The molecule has 0 spiro atoms. The van der Waals surface area contributed by atoms with E-state index in [1.807, 2.05) is 36.4 Å². The summed E-state index contributed by atoms with van der Waals surface area (Å²) in [6.07, 6.45) is 0. The lowest BCUT2D eigenvalue weighted by atomic mass is 10.1. The maximum atomic E-state index is 8.90. The number of ether oxygens (including phenoxy) is 1. The number of halogens is 1. The third-order valence-electron chi connectivity index (χ3n) is 2.95. The second-order valence-corrected chi connectivity index (χ2v) is 5.22. The average molecular weight is 331 g/mol. The van der Waals surface area contributed by atoms with E-state index in [4.69, 9.17) is 10.00 Å². The van der Waals surface area contributed by atoms with E-state index in [1.165, 1.54) is 0 Å². The molecule has 20 heavy (non-hydrogen) atoms. The van der Waals surface area contributed by atoms with E-state index in [2.05, 4.69) is 27.3 Å². The summed E-state index contributed by atoms with van der Waals surface area (Å²) in [5, 5.41) is 12.3. The van der Waals surface area contributed by atoms with Crippen molar-refractivity contribution in [2.24, 2.45) is 0 Å². The number of benzene rings is 2. The molecule has 102 valence electrons. The molecule has 0 radical (unpaired) electrons. The van der Waals surface area contributed by atoms with Gasteiger partial charge in [-0.05, 0) is 29.8 Å². The number of nitriles is 1. The van der Waals surface area contributed by atoms with Crippen molar-refractivity contribution in [2.45, 2.75) is 13.2 Å². The van der Waals surface area contributed by atoms with Crippen LogP contribution in [0.1, 0.15) is 16.7 Å². The Bertz CT molecular complexity index is 635. The minimum absolute atomic E-state index is 0.544. The zero-order valence-corrected chi connectivity index (χ0v) is 12.8. The molecule has 0 saturated heterocycles. The van der Waals surface area contributed by atoms with Crippen LogP contribution in [0.25, 0.3) is 0 Å². The van der Waals surface area contributed by atoms with Gasteiger partial charge >= 0.3 is 0 Å². The Morgan fingerprint density at radius 3 is 2.80 bits per heavy atom. The first-order valence-corrected chi connectivity index (χ1v) is 7.03.